The van der Waals surface area contributed by atoms with E-state index in [9.17, 15) is 9.59 Å². The average Bonchev–Trinajstić information content (AvgIpc) is 2.37. The van der Waals surface area contributed by atoms with Crippen molar-refractivity contribution >= 4 is 11.9 Å². The number of hydrogen-bond donors (Lipinski definition) is 2. The average molecular weight is 251 g/mol. The van der Waals surface area contributed by atoms with E-state index in [1.165, 1.54) is 11.1 Å². The van der Waals surface area contributed by atoms with Crippen molar-refractivity contribution in [3.63, 3.8) is 0 Å². The third-order valence-corrected chi connectivity index (χ3v) is 2.38. The van der Waals surface area contributed by atoms with Crippen molar-refractivity contribution in [3.8, 4) is 0 Å². The minimum Gasteiger partial charge on any atom is -0.480 e. The molecule has 18 heavy (non-hydrogen) atoms. The molecule has 0 aromatic carbocycles. The van der Waals surface area contributed by atoms with Crippen LogP contribution in [0.5, 0.6) is 0 Å². The molecule has 98 valence electrons. The van der Waals surface area contributed by atoms with Gasteiger partial charge in [0.05, 0.1) is 5.69 Å². The lowest BCUT2D eigenvalue weighted by molar-refractivity contribution is -0.137. The Balaban J connectivity index is 2.89. The number of hydrogen-bond acceptors (Lipinski definition) is 4. The van der Waals surface area contributed by atoms with Gasteiger partial charge >= 0.3 is 5.97 Å². The molecule has 0 spiro atoms. The Morgan fingerprint density at radius 3 is 2.78 bits per heavy atom. The van der Waals surface area contributed by atoms with E-state index in [1.807, 2.05) is 6.92 Å². The Morgan fingerprint density at radius 2 is 2.22 bits per heavy atom. The third kappa shape index (κ3) is 3.81. The highest BCUT2D eigenvalue weighted by molar-refractivity contribution is 5.95. The van der Waals surface area contributed by atoms with Crippen LogP contribution in [0.4, 0.5) is 0 Å². The molecule has 6 heteroatoms. The molecular weight excluding hydrogens is 234 g/mol. The van der Waals surface area contributed by atoms with Gasteiger partial charge in [-0.1, -0.05) is 6.92 Å². The van der Waals surface area contributed by atoms with Crippen molar-refractivity contribution in [2.24, 2.45) is 5.73 Å². The fourth-order valence-corrected chi connectivity index (χ4v) is 1.59. The van der Waals surface area contributed by atoms with Gasteiger partial charge in [0.2, 0.25) is 0 Å². The first-order valence-electron chi connectivity index (χ1n) is 5.74. The highest BCUT2D eigenvalue weighted by atomic mass is 16.4. The summed E-state index contributed by atoms with van der Waals surface area (Å²) in [6.45, 7) is 2.24. The van der Waals surface area contributed by atoms with Gasteiger partial charge in [-0.25, -0.2) is 0 Å². The minimum atomic E-state index is -1.02. The molecule has 0 saturated heterocycles. The van der Waals surface area contributed by atoms with Crippen LogP contribution in [0.1, 0.15) is 29.4 Å². The molecule has 3 N–H and O–H groups in total. The number of pyridine rings is 1. The van der Waals surface area contributed by atoms with Crippen LogP contribution >= 0.6 is 0 Å². The molecule has 1 heterocycles. The van der Waals surface area contributed by atoms with Crippen molar-refractivity contribution in [2.45, 2.75) is 19.9 Å². The number of amides is 1. The fourth-order valence-electron chi connectivity index (χ4n) is 1.59. The van der Waals surface area contributed by atoms with Crippen molar-refractivity contribution in [1.29, 1.82) is 0 Å². The van der Waals surface area contributed by atoms with Crippen molar-refractivity contribution in [1.82, 2.24) is 9.88 Å². The largest absolute Gasteiger partial charge is 0.480 e. The van der Waals surface area contributed by atoms with E-state index in [2.05, 4.69) is 4.98 Å². The van der Waals surface area contributed by atoms with Gasteiger partial charge in [0, 0.05) is 24.8 Å². The molecule has 0 fully saturated rings. The van der Waals surface area contributed by atoms with Crippen LogP contribution in [0.25, 0.3) is 0 Å². The molecule has 0 atom stereocenters. The van der Waals surface area contributed by atoms with Gasteiger partial charge < -0.3 is 15.7 Å². The van der Waals surface area contributed by atoms with Crippen LogP contribution in [0, 0.1) is 0 Å². The Kier molecular flexibility index (Phi) is 5.26. The van der Waals surface area contributed by atoms with E-state index < -0.39 is 5.97 Å². The van der Waals surface area contributed by atoms with Gasteiger partial charge in [-0.3, -0.25) is 14.6 Å². The third-order valence-electron chi connectivity index (χ3n) is 2.38. The molecule has 0 radical (unpaired) electrons. The molecule has 0 aliphatic heterocycles. The number of carboxylic acids is 1. The van der Waals surface area contributed by atoms with Crippen molar-refractivity contribution < 1.29 is 14.7 Å². The predicted octanol–water partition coefficient (Wildman–Crippen LogP) is 0.477. The summed E-state index contributed by atoms with van der Waals surface area (Å²) in [7, 11) is 0. The first-order chi connectivity index (χ1) is 8.58. The zero-order chi connectivity index (χ0) is 13.5. The first kappa shape index (κ1) is 14.1. The van der Waals surface area contributed by atoms with Gasteiger partial charge in [-0.05, 0) is 18.6 Å². The number of nitrogens with zero attached hydrogens (tertiary/aromatic N) is 2. The Labute approximate surface area is 105 Å². The highest BCUT2D eigenvalue weighted by Crippen LogP contribution is 2.07. The SMILES string of the molecule is CCCN(CC(=O)O)C(=O)c1ccnc(CN)c1. The normalized spacial score (nSPS) is 10.1. The maximum absolute atomic E-state index is 12.1. The van der Waals surface area contributed by atoms with Crippen LogP contribution < -0.4 is 5.73 Å². The van der Waals surface area contributed by atoms with Crippen molar-refractivity contribution in [3.05, 3.63) is 29.6 Å². The second-order valence-corrected chi connectivity index (χ2v) is 3.86. The minimum absolute atomic E-state index is 0.244. The number of rotatable bonds is 6. The van der Waals surface area contributed by atoms with Crippen LogP contribution in [-0.4, -0.2) is 40.0 Å². The second kappa shape index (κ2) is 6.70. The van der Waals surface area contributed by atoms with Gasteiger partial charge in [0.15, 0.2) is 0 Å². The van der Waals surface area contributed by atoms with Gasteiger partial charge in [-0.15, -0.1) is 0 Å². The Bertz CT molecular complexity index is 434. The van der Waals surface area contributed by atoms with Crippen LogP contribution in [0.3, 0.4) is 0 Å². The maximum atomic E-state index is 12.1. The van der Waals surface area contributed by atoms with Crippen LogP contribution in [-0.2, 0) is 11.3 Å². The lowest BCUT2D eigenvalue weighted by atomic mass is 10.2. The molecule has 0 unspecified atom stereocenters. The molecule has 1 amide bonds. The van der Waals surface area contributed by atoms with E-state index in [-0.39, 0.29) is 19.0 Å². The molecule has 6 nitrogen and oxygen atoms in total. The summed E-state index contributed by atoms with van der Waals surface area (Å²) in [5.41, 5.74) is 6.47. The van der Waals surface area contributed by atoms with Gasteiger partial charge in [0.1, 0.15) is 6.54 Å². The predicted molar refractivity (Wildman–Crippen MR) is 66.0 cm³/mol. The number of nitrogens with two attached hydrogens (primary N) is 1. The monoisotopic (exact) mass is 251 g/mol. The standard InChI is InChI=1S/C12H17N3O3/c1-2-5-15(8-11(16)17)12(18)9-3-4-14-10(6-9)7-13/h3-4,6H,2,5,7-8,13H2,1H3,(H,16,17). The number of aliphatic carboxylic acids is 1. The Hall–Kier alpha value is -1.95. The quantitative estimate of drug-likeness (QED) is 0.766. The molecule has 0 aliphatic carbocycles. The van der Waals surface area contributed by atoms with E-state index in [1.54, 1.807) is 12.1 Å². The molecule has 0 aliphatic rings. The lowest BCUT2D eigenvalue weighted by Crippen LogP contribution is -2.36. The summed E-state index contributed by atoms with van der Waals surface area (Å²) in [6.07, 6.45) is 2.20. The van der Waals surface area contributed by atoms with E-state index in [4.69, 9.17) is 10.8 Å². The molecule has 1 aromatic rings. The second-order valence-electron chi connectivity index (χ2n) is 3.86. The van der Waals surface area contributed by atoms with Crippen LogP contribution in [0.2, 0.25) is 0 Å². The summed E-state index contributed by atoms with van der Waals surface area (Å²) in [5.74, 6) is -1.33. The van der Waals surface area contributed by atoms with Gasteiger partial charge in [0.25, 0.3) is 5.91 Å². The van der Waals surface area contributed by atoms with E-state index in [0.717, 1.165) is 0 Å². The molecule has 0 bridgehead atoms. The summed E-state index contributed by atoms with van der Waals surface area (Å²) in [6, 6.07) is 3.15. The molecular formula is C12H17N3O3. The first-order valence-corrected chi connectivity index (χ1v) is 5.74. The summed E-state index contributed by atoms with van der Waals surface area (Å²) in [5, 5.41) is 8.78. The van der Waals surface area contributed by atoms with Crippen molar-refractivity contribution in [2.75, 3.05) is 13.1 Å². The number of aromatic nitrogens is 1. The molecule has 0 saturated carbocycles. The lowest BCUT2D eigenvalue weighted by Gasteiger charge is -2.20. The van der Waals surface area contributed by atoms with E-state index in [0.29, 0.717) is 24.2 Å². The van der Waals surface area contributed by atoms with Gasteiger partial charge in [-0.2, -0.15) is 0 Å². The Morgan fingerprint density at radius 1 is 1.50 bits per heavy atom. The van der Waals surface area contributed by atoms with Crippen LogP contribution in [0.15, 0.2) is 18.3 Å². The molecule has 1 aromatic heterocycles. The topological polar surface area (TPSA) is 96.5 Å². The fraction of sp³-hybridized carbons (Fsp3) is 0.417. The highest BCUT2D eigenvalue weighted by Gasteiger charge is 2.17. The molecule has 1 rings (SSSR count). The summed E-state index contributed by atoms with van der Waals surface area (Å²) in [4.78, 5) is 28.1. The zero-order valence-electron chi connectivity index (χ0n) is 10.3. The number of carboxylic acid groups (broad SMARTS) is 1. The number of carbonyl (C=O) groups excluding carboxylic acids is 1. The zero-order valence-corrected chi connectivity index (χ0v) is 10.3. The number of carbonyl (C=O) groups is 2. The maximum Gasteiger partial charge on any atom is 0.323 e. The summed E-state index contributed by atoms with van der Waals surface area (Å²) < 4.78 is 0. The van der Waals surface area contributed by atoms with E-state index >= 15 is 0 Å². The summed E-state index contributed by atoms with van der Waals surface area (Å²) >= 11 is 0. The smallest absolute Gasteiger partial charge is 0.323 e.